The third-order valence-electron chi connectivity index (χ3n) is 1.74. The molecule has 1 rings (SSSR count). The summed E-state index contributed by atoms with van der Waals surface area (Å²) in [7, 11) is -1.85. The molecule has 0 heterocycles. The highest BCUT2D eigenvalue weighted by atomic mass is 32.2. The van der Waals surface area contributed by atoms with Gasteiger partial charge in [0, 0.05) is 20.8 Å². The van der Waals surface area contributed by atoms with E-state index in [1.165, 1.54) is 12.2 Å². The van der Waals surface area contributed by atoms with Crippen LogP contribution in [0.15, 0.2) is 71.5 Å². The first-order valence-corrected chi connectivity index (χ1v) is 6.63. The van der Waals surface area contributed by atoms with Gasteiger partial charge in [-0.2, -0.15) is 0 Å². The molecule has 0 spiro atoms. The first kappa shape index (κ1) is 13.9. The van der Waals surface area contributed by atoms with Crippen molar-refractivity contribution in [2.75, 3.05) is 0 Å². The Bertz CT molecular complexity index is 445. The summed E-state index contributed by atoms with van der Waals surface area (Å²) in [4.78, 5) is 0.941. The molecule has 0 aliphatic heterocycles. The Labute approximate surface area is 107 Å². The van der Waals surface area contributed by atoms with Crippen molar-refractivity contribution in [3.8, 4) is 0 Å². The Hall–Kier alpha value is -1.17. The van der Waals surface area contributed by atoms with Crippen LogP contribution in [-0.2, 0) is 11.0 Å². The molecule has 17 heavy (non-hydrogen) atoms. The predicted molar refractivity (Wildman–Crippen MR) is 71.9 cm³/mol. The fraction of sp³-hybridized carbons (Fsp3) is 0. The highest BCUT2D eigenvalue weighted by molar-refractivity contribution is 8.09. The van der Waals surface area contributed by atoms with Crippen molar-refractivity contribution >= 4 is 22.9 Å². The molecule has 0 aliphatic rings. The van der Waals surface area contributed by atoms with E-state index >= 15 is 0 Å². The summed E-state index contributed by atoms with van der Waals surface area (Å²) in [5, 5.41) is 0. The molecule has 5 heteroatoms. The zero-order valence-corrected chi connectivity index (χ0v) is 10.7. The van der Waals surface area contributed by atoms with E-state index in [2.05, 4.69) is 13.2 Å². The second kappa shape index (κ2) is 7.21. The van der Waals surface area contributed by atoms with Crippen molar-refractivity contribution in [2.45, 2.75) is 4.90 Å². The van der Waals surface area contributed by atoms with Gasteiger partial charge in [-0.15, -0.1) is 4.48 Å². The minimum Gasteiger partial charge on any atom is -0.234 e. The molecule has 0 fully saturated rings. The molecule has 0 saturated carbocycles. The van der Waals surface area contributed by atoms with Gasteiger partial charge in [0.2, 0.25) is 0 Å². The van der Waals surface area contributed by atoms with Gasteiger partial charge in [0.15, 0.2) is 11.0 Å². The Morgan fingerprint density at radius 1 is 1.35 bits per heavy atom. The first-order chi connectivity index (χ1) is 8.19. The standard InChI is InChI=1S/C12H12FNOS2/c1-3-8-11(4-2)16-14(13)17(15)12-9-6-5-7-10-12/h3-10H,1-2H2/b11-8+. The molecule has 90 valence electrons. The van der Waals surface area contributed by atoms with Gasteiger partial charge < -0.3 is 0 Å². The Balaban J connectivity index is 2.74. The molecule has 1 aromatic rings. The van der Waals surface area contributed by atoms with E-state index < -0.39 is 11.0 Å². The smallest absolute Gasteiger partial charge is 0.167 e. The highest BCUT2D eigenvalue weighted by Gasteiger charge is 2.16. The third kappa shape index (κ3) is 4.30. The maximum Gasteiger partial charge on any atom is 0.167 e. The molecule has 0 aliphatic carbocycles. The lowest BCUT2D eigenvalue weighted by Gasteiger charge is -2.09. The monoisotopic (exact) mass is 269 g/mol. The van der Waals surface area contributed by atoms with Crippen LogP contribution in [0.3, 0.4) is 0 Å². The summed E-state index contributed by atoms with van der Waals surface area (Å²) < 4.78 is 25.6. The third-order valence-corrected chi connectivity index (χ3v) is 3.96. The van der Waals surface area contributed by atoms with Gasteiger partial charge in [0.1, 0.15) is 0 Å². The molecular weight excluding hydrogens is 257 g/mol. The zero-order chi connectivity index (χ0) is 12.7. The Kier molecular flexibility index (Phi) is 5.90. The summed E-state index contributed by atoms with van der Waals surface area (Å²) in [5.74, 6) is 0. The van der Waals surface area contributed by atoms with Gasteiger partial charge in [0.05, 0.1) is 4.90 Å². The largest absolute Gasteiger partial charge is 0.234 e. The van der Waals surface area contributed by atoms with Crippen molar-refractivity contribution < 1.29 is 8.69 Å². The fourth-order valence-corrected chi connectivity index (χ4v) is 2.73. The number of nitrogens with zero attached hydrogens (tertiary/aromatic N) is 1. The number of hydrogen-bond donors (Lipinski definition) is 0. The average molecular weight is 269 g/mol. The summed E-state index contributed by atoms with van der Waals surface area (Å²) in [6.07, 6.45) is 4.58. The molecule has 1 aromatic carbocycles. The normalized spacial score (nSPS) is 13.4. The van der Waals surface area contributed by atoms with Crippen molar-refractivity contribution in [1.82, 2.24) is 3.93 Å². The topological polar surface area (TPSA) is 20.3 Å². The lowest BCUT2D eigenvalue weighted by molar-refractivity contribution is 0.291. The van der Waals surface area contributed by atoms with Crippen LogP contribution in [0.25, 0.3) is 0 Å². The number of rotatable bonds is 6. The average Bonchev–Trinajstić information content (AvgIpc) is 2.38. The number of allylic oxidation sites excluding steroid dienone is 3. The second-order valence-corrected chi connectivity index (χ2v) is 5.37. The van der Waals surface area contributed by atoms with Crippen molar-refractivity contribution in [3.05, 3.63) is 66.6 Å². The predicted octanol–water partition coefficient (Wildman–Crippen LogP) is 3.80. The van der Waals surface area contributed by atoms with Gasteiger partial charge in [0.25, 0.3) is 0 Å². The molecule has 1 atom stereocenters. The van der Waals surface area contributed by atoms with Crippen LogP contribution < -0.4 is 0 Å². The lowest BCUT2D eigenvalue weighted by Crippen LogP contribution is -2.08. The molecule has 2 nitrogen and oxygen atoms in total. The van der Waals surface area contributed by atoms with E-state index in [1.807, 2.05) is 0 Å². The quantitative estimate of drug-likeness (QED) is 0.445. The Morgan fingerprint density at radius 3 is 2.53 bits per heavy atom. The van der Waals surface area contributed by atoms with Crippen LogP contribution in [0, 0.1) is 0 Å². The van der Waals surface area contributed by atoms with Crippen molar-refractivity contribution in [1.29, 1.82) is 0 Å². The summed E-state index contributed by atoms with van der Waals surface area (Å²) in [5.41, 5.74) is 0. The van der Waals surface area contributed by atoms with Crippen LogP contribution in [0.4, 0.5) is 4.48 Å². The van der Waals surface area contributed by atoms with Crippen LogP contribution in [0.5, 0.6) is 0 Å². The van der Waals surface area contributed by atoms with E-state index in [9.17, 15) is 8.69 Å². The van der Waals surface area contributed by atoms with Gasteiger partial charge in [-0.25, -0.2) is 4.21 Å². The van der Waals surface area contributed by atoms with E-state index in [1.54, 1.807) is 36.4 Å². The number of benzene rings is 1. The van der Waals surface area contributed by atoms with E-state index in [-0.39, 0.29) is 3.93 Å². The minimum atomic E-state index is -1.85. The van der Waals surface area contributed by atoms with Gasteiger partial charge in [-0.3, -0.25) is 0 Å². The first-order valence-electron chi connectivity index (χ1n) is 4.75. The molecule has 0 bridgehead atoms. The molecule has 0 N–H and O–H groups in total. The maximum absolute atomic E-state index is 13.6. The van der Waals surface area contributed by atoms with Crippen LogP contribution in [-0.4, -0.2) is 8.14 Å². The van der Waals surface area contributed by atoms with Crippen LogP contribution in [0.2, 0.25) is 0 Å². The molecule has 0 amide bonds. The van der Waals surface area contributed by atoms with Crippen LogP contribution in [0.1, 0.15) is 0 Å². The van der Waals surface area contributed by atoms with Crippen molar-refractivity contribution in [3.63, 3.8) is 0 Å². The summed E-state index contributed by atoms with van der Waals surface area (Å²) in [6.45, 7) is 7.04. The fourth-order valence-electron chi connectivity index (χ4n) is 0.988. The molecule has 0 saturated heterocycles. The van der Waals surface area contributed by atoms with E-state index in [4.69, 9.17) is 0 Å². The molecule has 1 unspecified atom stereocenters. The van der Waals surface area contributed by atoms with Gasteiger partial charge in [-0.05, 0) is 18.2 Å². The number of halogens is 1. The van der Waals surface area contributed by atoms with Gasteiger partial charge in [-0.1, -0.05) is 43.5 Å². The lowest BCUT2D eigenvalue weighted by atomic mass is 10.4. The number of hydrogen-bond acceptors (Lipinski definition) is 2. The minimum absolute atomic E-state index is 0.187. The van der Waals surface area contributed by atoms with E-state index in [0.717, 1.165) is 0 Å². The Morgan fingerprint density at radius 2 is 2.00 bits per heavy atom. The van der Waals surface area contributed by atoms with Gasteiger partial charge >= 0.3 is 0 Å². The molecule has 0 aromatic heterocycles. The zero-order valence-electron chi connectivity index (χ0n) is 9.08. The molecule has 0 radical (unpaired) electrons. The molecular formula is C12H12FNOS2. The summed E-state index contributed by atoms with van der Waals surface area (Å²) in [6, 6.07) is 8.41. The van der Waals surface area contributed by atoms with Crippen molar-refractivity contribution in [2.24, 2.45) is 0 Å². The SMILES string of the molecule is C=C/C=C(\C=C)SN(F)S(=O)c1ccccc1. The maximum atomic E-state index is 13.6. The second-order valence-electron chi connectivity index (χ2n) is 2.87. The van der Waals surface area contributed by atoms with Crippen LogP contribution >= 0.6 is 11.9 Å². The van der Waals surface area contributed by atoms with E-state index in [0.29, 0.717) is 21.7 Å². The summed E-state index contributed by atoms with van der Waals surface area (Å²) >= 11 is 0.711. The highest BCUT2D eigenvalue weighted by Crippen LogP contribution is 2.26.